The Labute approximate surface area is 177 Å². The highest BCUT2D eigenvalue weighted by Crippen LogP contribution is 2.29. The van der Waals surface area contributed by atoms with E-state index in [0.29, 0.717) is 5.95 Å². The molecule has 0 unspecified atom stereocenters. The van der Waals surface area contributed by atoms with E-state index in [1.807, 2.05) is 30.3 Å². The SMILES string of the molecule is CC(=O)Nc1ccc(-c2ccnc(Nc3cccc([N+]4(C)CCCCC4)c3)n2)cc1. The molecule has 0 aliphatic carbocycles. The molecule has 6 nitrogen and oxygen atoms in total. The fraction of sp³-hybridized carbons (Fsp3) is 0.292. The summed E-state index contributed by atoms with van der Waals surface area (Å²) in [4.78, 5) is 20.3. The van der Waals surface area contributed by atoms with E-state index in [1.54, 1.807) is 6.20 Å². The summed E-state index contributed by atoms with van der Waals surface area (Å²) < 4.78 is 0.983. The first-order valence-electron chi connectivity index (χ1n) is 10.5. The molecule has 1 aliphatic rings. The van der Waals surface area contributed by atoms with Crippen molar-refractivity contribution in [3.8, 4) is 11.3 Å². The maximum Gasteiger partial charge on any atom is 0.227 e. The van der Waals surface area contributed by atoms with Crippen LogP contribution in [-0.4, -0.2) is 36.0 Å². The first-order chi connectivity index (χ1) is 14.5. The van der Waals surface area contributed by atoms with Crippen LogP contribution in [0.4, 0.5) is 23.0 Å². The lowest BCUT2D eigenvalue weighted by molar-refractivity contribution is -0.114. The van der Waals surface area contributed by atoms with Crippen molar-refractivity contribution in [2.24, 2.45) is 0 Å². The lowest BCUT2D eigenvalue weighted by atomic mass is 10.1. The van der Waals surface area contributed by atoms with Crippen LogP contribution in [0.2, 0.25) is 0 Å². The number of hydrogen-bond donors (Lipinski definition) is 2. The van der Waals surface area contributed by atoms with Crippen LogP contribution in [-0.2, 0) is 4.79 Å². The minimum absolute atomic E-state index is 0.0841. The number of hydrogen-bond acceptors (Lipinski definition) is 4. The van der Waals surface area contributed by atoms with Gasteiger partial charge < -0.3 is 10.6 Å². The molecule has 1 amide bonds. The van der Waals surface area contributed by atoms with Crippen LogP contribution >= 0.6 is 0 Å². The van der Waals surface area contributed by atoms with Gasteiger partial charge >= 0.3 is 0 Å². The van der Waals surface area contributed by atoms with Gasteiger partial charge in [-0.05, 0) is 49.6 Å². The number of benzene rings is 2. The molecule has 0 spiro atoms. The predicted molar refractivity (Wildman–Crippen MR) is 123 cm³/mol. The summed E-state index contributed by atoms with van der Waals surface area (Å²) >= 11 is 0. The van der Waals surface area contributed by atoms with Crippen molar-refractivity contribution < 1.29 is 4.79 Å². The van der Waals surface area contributed by atoms with Crippen LogP contribution < -0.4 is 15.1 Å². The predicted octanol–water partition coefficient (Wildman–Crippen LogP) is 4.97. The van der Waals surface area contributed by atoms with Gasteiger partial charge in [-0.2, -0.15) is 0 Å². The van der Waals surface area contributed by atoms with Crippen molar-refractivity contribution in [2.75, 3.05) is 30.8 Å². The van der Waals surface area contributed by atoms with Crippen LogP contribution in [0.5, 0.6) is 0 Å². The topological polar surface area (TPSA) is 66.9 Å². The molecule has 3 aromatic rings. The molecule has 6 heteroatoms. The second kappa shape index (κ2) is 8.63. The molecule has 0 radical (unpaired) electrons. The fourth-order valence-electron chi connectivity index (χ4n) is 4.02. The van der Waals surface area contributed by atoms with Crippen molar-refractivity contribution in [1.82, 2.24) is 14.5 Å². The molecular formula is C24H28N5O+. The molecule has 0 bridgehead atoms. The summed E-state index contributed by atoms with van der Waals surface area (Å²) in [5.41, 5.74) is 4.88. The summed E-state index contributed by atoms with van der Waals surface area (Å²) in [5, 5.41) is 6.14. The van der Waals surface area contributed by atoms with E-state index in [9.17, 15) is 4.79 Å². The Balaban J connectivity index is 1.52. The number of anilines is 3. The highest BCUT2D eigenvalue weighted by molar-refractivity contribution is 5.88. The lowest BCUT2D eigenvalue weighted by Gasteiger charge is -2.37. The van der Waals surface area contributed by atoms with Gasteiger partial charge in [-0.15, -0.1) is 0 Å². The molecule has 154 valence electrons. The molecule has 2 N–H and O–H groups in total. The second-order valence-electron chi connectivity index (χ2n) is 8.10. The molecule has 2 heterocycles. The Morgan fingerprint density at radius 1 is 0.967 bits per heavy atom. The molecule has 1 aliphatic heterocycles. The van der Waals surface area contributed by atoms with Gasteiger partial charge in [-0.3, -0.25) is 9.28 Å². The Bertz CT molecular complexity index is 1030. The smallest absolute Gasteiger partial charge is 0.227 e. The third-order valence-corrected chi connectivity index (χ3v) is 5.69. The van der Waals surface area contributed by atoms with Crippen molar-refractivity contribution >= 4 is 28.9 Å². The quantitative estimate of drug-likeness (QED) is 0.592. The van der Waals surface area contributed by atoms with Crippen LogP contribution in [0.25, 0.3) is 11.3 Å². The van der Waals surface area contributed by atoms with Gasteiger partial charge in [0.25, 0.3) is 0 Å². The third kappa shape index (κ3) is 4.66. The maximum absolute atomic E-state index is 11.2. The van der Waals surface area contributed by atoms with E-state index in [2.05, 4.69) is 51.9 Å². The highest BCUT2D eigenvalue weighted by Gasteiger charge is 2.27. The van der Waals surface area contributed by atoms with Crippen LogP contribution in [0.15, 0.2) is 60.8 Å². The molecule has 0 saturated carbocycles. The lowest BCUT2D eigenvalue weighted by Crippen LogP contribution is -2.48. The summed E-state index contributed by atoms with van der Waals surface area (Å²) in [5.74, 6) is 0.482. The Morgan fingerprint density at radius 2 is 1.73 bits per heavy atom. The number of quaternary nitrogens is 1. The van der Waals surface area contributed by atoms with Crippen LogP contribution in [0, 0.1) is 0 Å². The Kier molecular flexibility index (Phi) is 5.77. The standard InChI is InChI=1S/C24H27N5O/c1-18(30)26-20-11-9-19(10-12-20)23-13-14-25-24(28-23)27-21-7-6-8-22(17-21)29(2)15-4-3-5-16-29/h6-14,17H,3-5,15-16H2,1-2H3,(H-,25,26,27,28,30)/p+1. The number of amides is 1. The zero-order valence-electron chi connectivity index (χ0n) is 17.6. The first kappa shape index (κ1) is 20.0. The second-order valence-corrected chi connectivity index (χ2v) is 8.10. The zero-order chi connectivity index (χ0) is 21.0. The van der Waals surface area contributed by atoms with Crippen molar-refractivity contribution in [2.45, 2.75) is 26.2 Å². The van der Waals surface area contributed by atoms with Crippen molar-refractivity contribution in [3.05, 3.63) is 60.8 Å². The molecule has 30 heavy (non-hydrogen) atoms. The van der Waals surface area contributed by atoms with Crippen molar-refractivity contribution in [3.63, 3.8) is 0 Å². The number of aromatic nitrogens is 2. The normalized spacial score (nSPS) is 15.4. The molecule has 4 rings (SSSR count). The minimum Gasteiger partial charge on any atom is -0.326 e. The van der Waals surface area contributed by atoms with Gasteiger partial charge in [0.2, 0.25) is 11.9 Å². The number of nitrogens with zero attached hydrogens (tertiary/aromatic N) is 3. The van der Waals surface area contributed by atoms with E-state index < -0.39 is 0 Å². The summed E-state index contributed by atoms with van der Waals surface area (Å²) in [6.45, 7) is 3.87. The molecule has 1 saturated heterocycles. The van der Waals surface area contributed by atoms with Gasteiger partial charge in [0.1, 0.15) is 5.69 Å². The zero-order valence-corrected chi connectivity index (χ0v) is 17.6. The van der Waals surface area contributed by atoms with E-state index >= 15 is 0 Å². The largest absolute Gasteiger partial charge is 0.326 e. The summed E-state index contributed by atoms with van der Waals surface area (Å²) in [6, 6.07) is 18.1. The number of likely N-dealkylation sites (tertiary alicyclic amines) is 1. The Hall–Kier alpha value is -3.25. The number of nitrogens with one attached hydrogen (secondary N) is 2. The number of rotatable bonds is 5. The van der Waals surface area contributed by atoms with Gasteiger partial charge in [0.05, 0.1) is 25.8 Å². The number of piperidine rings is 1. The average molecular weight is 403 g/mol. The Morgan fingerprint density at radius 3 is 2.47 bits per heavy atom. The van der Waals surface area contributed by atoms with Gasteiger partial charge in [-0.1, -0.05) is 18.2 Å². The molecule has 1 aromatic heterocycles. The average Bonchev–Trinajstić information content (AvgIpc) is 2.75. The van der Waals surface area contributed by atoms with E-state index in [0.717, 1.165) is 27.1 Å². The molecular weight excluding hydrogens is 374 g/mol. The maximum atomic E-state index is 11.2. The fourth-order valence-corrected chi connectivity index (χ4v) is 4.02. The number of carbonyl (C=O) groups is 1. The minimum atomic E-state index is -0.0841. The monoisotopic (exact) mass is 402 g/mol. The van der Waals surface area contributed by atoms with Gasteiger partial charge in [0.15, 0.2) is 0 Å². The van der Waals surface area contributed by atoms with Crippen LogP contribution in [0.3, 0.4) is 0 Å². The molecule has 2 aromatic carbocycles. The molecule has 1 fully saturated rings. The molecule has 0 atom stereocenters. The van der Waals surface area contributed by atoms with Gasteiger partial charge in [0, 0.05) is 36.1 Å². The van der Waals surface area contributed by atoms with E-state index in [-0.39, 0.29) is 5.91 Å². The van der Waals surface area contributed by atoms with Crippen LogP contribution in [0.1, 0.15) is 26.2 Å². The highest BCUT2D eigenvalue weighted by atomic mass is 16.1. The third-order valence-electron chi connectivity index (χ3n) is 5.69. The summed E-state index contributed by atoms with van der Waals surface area (Å²) in [6.07, 6.45) is 5.65. The van der Waals surface area contributed by atoms with Crippen molar-refractivity contribution in [1.29, 1.82) is 0 Å². The van der Waals surface area contributed by atoms with Gasteiger partial charge in [-0.25, -0.2) is 9.97 Å². The van der Waals surface area contributed by atoms with E-state index in [1.165, 1.54) is 45.0 Å². The van der Waals surface area contributed by atoms with E-state index in [4.69, 9.17) is 0 Å². The first-order valence-corrected chi connectivity index (χ1v) is 10.5. The number of carbonyl (C=O) groups excluding carboxylic acids is 1. The summed E-state index contributed by atoms with van der Waals surface area (Å²) in [7, 11) is 2.32.